The summed E-state index contributed by atoms with van der Waals surface area (Å²) in [5, 5.41) is 5.41. The van der Waals surface area contributed by atoms with Gasteiger partial charge in [0.15, 0.2) is 0 Å². The van der Waals surface area contributed by atoms with Crippen molar-refractivity contribution < 1.29 is 18.0 Å². The zero-order valence-corrected chi connectivity index (χ0v) is 22.1. The lowest BCUT2D eigenvalue weighted by Crippen LogP contribution is -2.05. The van der Waals surface area contributed by atoms with Crippen LogP contribution in [-0.2, 0) is 19.4 Å². The van der Waals surface area contributed by atoms with Crippen molar-refractivity contribution >= 4 is 56.8 Å². The Labute approximate surface area is 227 Å². The Morgan fingerprint density at radius 1 is 0.564 bits per heavy atom. The van der Waals surface area contributed by atoms with Crippen LogP contribution in [0.1, 0.15) is 25.0 Å². The number of sulfone groups is 1. The van der Waals surface area contributed by atoms with Crippen molar-refractivity contribution in [3.8, 4) is 0 Å². The Morgan fingerprint density at radius 3 is 1.21 bits per heavy atom. The van der Waals surface area contributed by atoms with Crippen LogP contribution in [0.25, 0.3) is 0 Å². The molecule has 2 amide bonds. The molecule has 0 unspecified atom stereocenters. The molecule has 0 aromatic heterocycles. The highest BCUT2D eigenvalue weighted by Gasteiger charge is 2.17. The van der Waals surface area contributed by atoms with Crippen LogP contribution in [-0.4, -0.2) is 32.7 Å². The molecule has 0 saturated heterocycles. The first kappa shape index (κ1) is 27.2. The summed E-state index contributed by atoms with van der Waals surface area (Å²) >= 11 is 0. The number of benzene rings is 4. The first-order chi connectivity index (χ1) is 18.7. The van der Waals surface area contributed by atoms with E-state index in [2.05, 4.69) is 20.6 Å². The second-order valence-corrected chi connectivity index (χ2v) is 10.6. The number of aliphatic imine (C=N–C) groups is 2. The molecule has 2 N–H and O–H groups in total. The molecule has 39 heavy (non-hydrogen) atoms. The van der Waals surface area contributed by atoms with Gasteiger partial charge in [-0.05, 0) is 83.9 Å². The lowest BCUT2D eigenvalue weighted by atomic mass is 10.2. The van der Waals surface area contributed by atoms with Crippen LogP contribution in [0.5, 0.6) is 0 Å². The van der Waals surface area contributed by atoms with Crippen molar-refractivity contribution in [3.63, 3.8) is 0 Å². The first-order valence-corrected chi connectivity index (χ1v) is 13.5. The average Bonchev–Trinajstić information content (AvgIpc) is 2.92. The van der Waals surface area contributed by atoms with Gasteiger partial charge in [-0.2, -0.15) is 0 Å². The van der Waals surface area contributed by atoms with Crippen LogP contribution in [0.15, 0.2) is 117 Å². The molecule has 196 valence electrons. The Morgan fingerprint density at radius 2 is 0.897 bits per heavy atom. The molecule has 0 aliphatic heterocycles. The van der Waals surface area contributed by atoms with E-state index in [0.29, 0.717) is 22.7 Å². The van der Waals surface area contributed by atoms with E-state index in [4.69, 9.17) is 0 Å². The third kappa shape index (κ3) is 7.56. The van der Waals surface area contributed by atoms with Crippen molar-refractivity contribution in [3.05, 3.63) is 108 Å². The maximum absolute atomic E-state index is 13.1. The fourth-order valence-corrected chi connectivity index (χ4v) is 4.83. The molecule has 4 aromatic rings. The third-order valence-electron chi connectivity index (χ3n) is 5.48. The number of hydrogen-bond donors (Lipinski definition) is 2. The summed E-state index contributed by atoms with van der Waals surface area (Å²) in [4.78, 5) is 31.4. The SMILES string of the molecule is CC(=O)Nc1ccc(C=Nc2ccc(S(=O)(=O)c3ccc(N=Cc4ccc(NC(C)=O)cc4)cc3)cc2)cc1. The second-order valence-electron chi connectivity index (χ2n) is 8.61. The maximum Gasteiger partial charge on any atom is 0.221 e. The first-order valence-electron chi connectivity index (χ1n) is 12.0. The highest BCUT2D eigenvalue weighted by atomic mass is 32.2. The van der Waals surface area contributed by atoms with Gasteiger partial charge in [-0.25, -0.2) is 8.42 Å². The molecule has 9 heteroatoms. The predicted octanol–water partition coefficient (Wildman–Crippen LogP) is 5.94. The highest BCUT2D eigenvalue weighted by Crippen LogP contribution is 2.25. The van der Waals surface area contributed by atoms with E-state index in [9.17, 15) is 18.0 Å². The van der Waals surface area contributed by atoms with Crippen LogP contribution >= 0.6 is 0 Å². The van der Waals surface area contributed by atoms with E-state index in [-0.39, 0.29) is 21.6 Å². The molecular weight excluding hydrogens is 512 g/mol. The maximum atomic E-state index is 13.1. The number of hydrogen-bond acceptors (Lipinski definition) is 6. The van der Waals surface area contributed by atoms with Gasteiger partial charge in [0.25, 0.3) is 0 Å². The summed E-state index contributed by atoms with van der Waals surface area (Å²) in [6.07, 6.45) is 3.33. The number of carbonyl (C=O) groups is 2. The smallest absolute Gasteiger partial charge is 0.221 e. The fourth-order valence-electron chi connectivity index (χ4n) is 3.57. The normalized spacial score (nSPS) is 11.5. The topological polar surface area (TPSA) is 117 Å². The number of nitrogens with one attached hydrogen (secondary N) is 2. The molecule has 0 aliphatic rings. The molecule has 4 aromatic carbocycles. The number of anilines is 2. The molecule has 0 spiro atoms. The Kier molecular flexibility index (Phi) is 8.43. The second kappa shape index (κ2) is 12.1. The van der Waals surface area contributed by atoms with Crippen molar-refractivity contribution in [2.45, 2.75) is 23.6 Å². The van der Waals surface area contributed by atoms with Crippen molar-refractivity contribution in [1.82, 2.24) is 0 Å². The zero-order chi connectivity index (χ0) is 27.8. The van der Waals surface area contributed by atoms with Gasteiger partial charge in [-0.15, -0.1) is 0 Å². The monoisotopic (exact) mass is 538 g/mol. The van der Waals surface area contributed by atoms with Gasteiger partial charge in [0.1, 0.15) is 0 Å². The van der Waals surface area contributed by atoms with Gasteiger partial charge < -0.3 is 10.6 Å². The molecule has 0 fully saturated rings. The molecular formula is C30H26N4O4S. The van der Waals surface area contributed by atoms with Gasteiger partial charge >= 0.3 is 0 Å². The molecule has 0 radical (unpaired) electrons. The van der Waals surface area contributed by atoms with Crippen LogP contribution in [0.2, 0.25) is 0 Å². The summed E-state index contributed by atoms with van der Waals surface area (Å²) < 4.78 is 26.2. The predicted molar refractivity (Wildman–Crippen MR) is 154 cm³/mol. The van der Waals surface area contributed by atoms with Crippen molar-refractivity contribution in [2.24, 2.45) is 9.98 Å². The minimum atomic E-state index is -3.71. The molecule has 8 nitrogen and oxygen atoms in total. The van der Waals surface area contributed by atoms with E-state index in [1.807, 2.05) is 24.3 Å². The summed E-state index contributed by atoms with van der Waals surface area (Å²) in [6, 6.07) is 27.1. The van der Waals surface area contributed by atoms with E-state index < -0.39 is 9.84 Å². The average molecular weight is 539 g/mol. The molecule has 0 heterocycles. The van der Waals surface area contributed by atoms with E-state index in [0.717, 1.165) is 11.1 Å². The van der Waals surface area contributed by atoms with E-state index >= 15 is 0 Å². The Hall–Kier alpha value is -4.89. The number of rotatable bonds is 8. The quantitative estimate of drug-likeness (QED) is 0.270. The van der Waals surface area contributed by atoms with E-state index in [1.54, 1.807) is 61.0 Å². The van der Waals surface area contributed by atoms with Crippen LogP contribution < -0.4 is 10.6 Å². The van der Waals surface area contributed by atoms with Crippen LogP contribution in [0.3, 0.4) is 0 Å². The van der Waals surface area contributed by atoms with Crippen molar-refractivity contribution in [2.75, 3.05) is 10.6 Å². The molecule has 0 saturated carbocycles. The van der Waals surface area contributed by atoms with Crippen molar-refractivity contribution in [1.29, 1.82) is 0 Å². The summed E-state index contributed by atoms with van der Waals surface area (Å²) in [5.41, 5.74) is 4.28. The zero-order valence-electron chi connectivity index (χ0n) is 21.3. The minimum absolute atomic E-state index is 0.140. The fraction of sp³-hybridized carbons (Fsp3) is 0.0667. The van der Waals surface area contributed by atoms with Gasteiger partial charge in [0.05, 0.1) is 21.2 Å². The Balaban J connectivity index is 1.40. The standard InChI is InChI=1S/C30H26N4O4S/c1-21(35)33-27-7-3-23(4-8-27)19-31-25-11-15-29(16-12-25)39(37,38)30-17-13-26(14-18-30)32-20-24-5-9-28(10-6-24)34-22(2)36/h3-20H,1-2H3,(H,33,35)(H,34,36). The molecule has 4 rings (SSSR count). The lowest BCUT2D eigenvalue weighted by Gasteiger charge is -2.06. The van der Waals surface area contributed by atoms with Crippen LogP contribution in [0.4, 0.5) is 22.7 Å². The summed E-state index contributed by atoms with van der Waals surface area (Å²) in [7, 11) is -3.71. The van der Waals surface area contributed by atoms with Gasteiger partial charge in [-0.1, -0.05) is 24.3 Å². The van der Waals surface area contributed by atoms with E-state index in [1.165, 1.54) is 38.1 Å². The summed E-state index contributed by atoms with van der Waals surface area (Å²) in [5.74, 6) is -0.280. The number of nitrogens with zero attached hydrogens (tertiary/aromatic N) is 2. The van der Waals surface area contributed by atoms with Gasteiger partial charge in [-0.3, -0.25) is 19.6 Å². The Bertz CT molecular complexity index is 1510. The summed E-state index contributed by atoms with van der Waals surface area (Å²) in [6.45, 7) is 2.90. The highest BCUT2D eigenvalue weighted by molar-refractivity contribution is 7.91. The number of amides is 2. The van der Waals surface area contributed by atoms with Crippen LogP contribution in [0, 0.1) is 0 Å². The lowest BCUT2D eigenvalue weighted by molar-refractivity contribution is -0.115. The molecule has 0 atom stereocenters. The minimum Gasteiger partial charge on any atom is -0.326 e. The van der Waals surface area contributed by atoms with Gasteiger partial charge in [0.2, 0.25) is 21.7 Å². The molecule has 0 bridgehead atoms. The van der Waals surface area contributed by atoms with Gasteiger partial charge in [0, 0.05) is 37.7 Å². The number of carbonyl (C=O) groups excluding carboxylic acids is 2. The third-order valence-corrected chi connectivity index (χ3v) is 7.27. The molecule has 0 aliphatic carbocycles. The largest absolute Gasteiger partial charge is 0.326 e.